The lowest BCUT2D eigenvalue weighted by molar-refractivity contribution is 0.101. The van der Waals surface area contributed by atoms with Gasteiger partial charge in [0.15, 0.2) is 0 Å². The molecule has 0 saturated carbocycles. The molecule has 0 atom stereocenters. The van der Waals surface area contributed by atoms with Crippen molar-refractivity contribution in [2.24, 2.45) is 0 Å². The first-order chi connectivity index (χ1) is 17.4. The minimum absolute atomic E-state index is 0.202. The number of carbonyl (C=O) groups is 1. The van der Waals surface area contributed by atoms with Gasteiger partial charge in [0.1, 0.15) is 0 Å². The summed E-state index contributed by atoms with van der Waals surface area (Å²) in [5, 5.41) is 12.6. The smallest absolute Gasteiger partial charge is 0.319 e. The number of aromatic nitrogens is 3. The van der Waals surface area contributed by atoms with Crippen LogP contribution in [0.15, 0.2) is 60.8 Å². The van der Waals surface area contributed by atoms with E-state index in [1.165, 1.54) is 0 Å². The molecule has 2 aromatic carbocycles. The zero-order valence-electron chi connectivity index (χ0n) is 20.3. The van der Waals surface area contributed by atoms with Crippen molar-refractivity contribution in [3.63, 3.8) is 0 Å². The van der Waals surface area contributed by atoms with Gasteiger partial charge in [-0.3, -0.25) is 14.3 Å². The number of nitriles is 1. The molecule has 36 heavy (non-hydrogen) atoms. The van der Waals surface area contributed by atoms with Crippen LogP contribution in [0.4, 0.5) is 5.69 Å². The van der Waals surface area contributed by atoms with Crippen LogP contribution in [0.5, 0.6) is 0 Å². The molecule has 0 saturated heterocycles. The van der Waals surface area contributed by atoms with Gasteiger partial charge in [-0.15, -0.1) is 0 Å². The molecule has 0 bridgehead atoms. The van der Waals surface area contributed by atoms with E-state index in [0.29, 0.717) is 34.1 Å². The van der Waals surface area contributed by atoms with Crippen molar-refractivity contribution in [3.05, 3.63) is 83.4 Å². The number of aryl methyl sites for hydroxylation is 1. The van der Waals surface area contributed by atoms with E-state index in [1.54, 1.807) is 67.1 Å². The van der Waals surface area contributed by atoms with Crippen molar-refractivity contribution in [1.82, 2.24) is 14.5 Å². The Morgan fingerprint density at radius 3 is 2.44 bits per heavy atom. The van der Waals surface area contributed by atoms with Gasteiger partial charge in [-0.2, -0.15) is 5.26 Å². The van der Waals surface area contributed by atoms with Crippen molar-refractivity contribution in [2.45, 2.75) is 27.3 Å². The molecule has 0 aliphatic carbocycles. The van der Waals surface area contributed by atoms with Crippen LogP contribution in [0.1, 0.15) is 41.3 Å². The molecular formula is C26H26N5O4P. The molecule has 2 aromatic heterocycles. The average Bonchev–Trinajstić information content (AvgIpc) is 3.22. The maximum absolute atomic E-state index is 13.2. The van der Waals surface area contributed by atoms with Gasteiger partial charge in [-0.05, 0) is 68.8 Å². The van der Waals surface area contributed by atoms with E-state index >= 15 is 0 Å². The van der Waals surface area contributed by atoms with E-state index in [4.69, 9.17) is 9.05 Å². The lowest BCUT2D eigenvalue weighted by Crippen LogP contribution is -2.19. The van der Waals surface area contributed by atoms with Gasteiger partial charge in [0.05, 0.1) is 41.2 Å². The van der Waals surface area contributed by atoms with E-state index in [1.807, 2.05) is 19.1 Å². The molecule has 0 aliphatic rings. The van der Waals surface area contributed by atoms with Crippen LogP contribution in [0.2, 0.25) is 0 Å². The molecule has 0 spiro atoms. The van der Waals surface area contributed by atoms with E-state index < -0.39 is 7.60 Å². The lowest BCUT2D eigenvalue weighted by atomic mass is 10.2. The SMILES string of the molecule is CCOP(=O)(OCC)c1ccc(Cn2c(C(=O)Nc3ccnc(C)c3)nc3cc(C#N)ccc32)cc1. The maximum Gasteiger partial charge on any atom is 0.361 e. The molecule has 0 fully saturated rings. The summed E-state index contributed by atoms with van der Waals surface area (Å²) in [5.74, 6) is -0.183. The summed E-state index contributed by atoms with van der Waals surface area (Å²) < 4.78 is 25.7. The van der Waals surface area contributed by atoms with E-state index in [2.05, 4.69) is 21.4 Å². The minimum Gasteiger partial charge on any atom is -0.319 e. The number of benzene rings is 2. The zero-order chi connectivity index (χ0) is 25.7. The molecule has 2 heterocycles. The Morgan fingerprint density at radius 1 is 1.08 bits per heavy atom. The molecule has 1 amide bonds. The lowest BCUT2D eigenvalue weighted by Gasteiger charge is -2.17. The van der Waals surface area contributed by atoms with Gasteiger partial charge in [0, 0.05) is 24.1 Å². The topological polar surface area (TPSA) is 119 Å². The molecule has 0 radical (unpaired) electrons. The highest BCUT2D eigenvalue weighted by molar-refractivity contribution is 7.62. The van der Waals surface area contributed by atoms with Crippen molar-refractivity contribution in [3.8, 4) is 6.07 Å². The summed E-state index contributed by atoms with van der Waals surface area (Å²) in [4.78, 5) is 21.9. The first-order valence-electron chi connectivity index (χ1n) is 11.5. The van der Waals surface area contributed by atoms with Crippen LogP contribution >= 0.6 is 7.60 Å². The number of rotatable bonds is 9. The van der Waals surface area contributed by atoms with Gasteiger partial charge in [0.2, 0.25) is 5.82 Å². The fraction of sp³-hybridized carbons (Fsp3) is 0.231. The number of pyridine rings is 1. The third-order valence-electron chi connectivity index (χ3n) is 5.43. The number of nitrogens with one attached hydrogen (secondary N) is 1. The first kappa shape index (κ1) is 25.3. The Labute approximate surface area is 209 Å². The summed E-state index contributed by atoms with van der Waals surface area (Å²) >= 11 is 0. The number of amides is 1. The summed E-state index contributed by atoms with van der Waals surface area (Å²) in [5.41, 5.74) is 3.95. The second-order valence-corrected chi connectivity index (χ2v) is 10.0. The zero-order valence-corrected chi connectivity index (χ0v) is 21.2. The fourth-order valence-electron chi connectivity index (χ4n) is 3.84. The normalized spacial score (nSPS) is 11.4. The van der Waals surface area contributed by atoms with Gasteiger partial charge in [0.25, 0.3) is 5.91 Å². The Kier molecular flexibility index (Phi) is 7.61. The van der Waals surface area contributed by atoms with Crippen LogP contribution in [-0.2, 0) is 20.2 Å². The maximum atomic E-state index is 13.2. The van der Waals surface area contributed by atoms with E-state index in [9.17, 15) is 14.6 Å². The van der Waals surface area contributed by atoms with Crippen molar-refractivity contribution in [1.29, 1.82) is 5.26 Å². The second kappa shape index (κ2) is 10.8. The monoisotopic (exact) mass is 503 g/mol. The molecule has 4 aromatic rings. The molecule has 184 valence electrons. The Morgan fingerprint density at radius 2 is 1.81 bits per heavy atom. The highest BCUT2D eigenvalue weighted by Gasteiger charge is 2.26. The van der Waals surface area contributed by atoms with Crippen molar-refractivity contribution >= 4 is 35.5 Å². The standard InChI is InChI=1S/C26H26N5O4P/c1-4-34-36(33,35-5-2)22-9-6-19(7-10-22)17-31-24-11-8-20(16-27)15-23(24)30-25(31)26(32)29-21-12-13-28-18(3)14-21/h6-15H,4-5,17H2,1-3H3,(H,28,29,32). The number of nitrogens with zero attached hydrogens (tertiary/aromatic N) is 4. The van der Waals surface area contributed by atoms with E-state index in [0.717, 1.165) is 11.3 Å². The Bertz CT molecular complexity index is 1480. The molecule has 10 heteroatoms. The van der Waals surface area contributed by atoms with Crippen LogP contribution in [-0.4, -0.2) is 33.7 Å². The van der Waals surface area contributed by atoms with Crippen molar-refractivity contribution < 1.29 is 18.4 Å². The van der Waals surface area contributed by atoms with Crippen LogP contribution in [0.3, 0.4) is 0 Å². The predicted molar refractivity (Wildman–Crippen MR) is 137 cm³/mol. The van der Waals surface area contributed by atoms with Crippen LogP contribution < -0.4 is 10.6 Å². The summed E-state index contributed by atoms with van der Waals surface area (Å²) in [6, 6.07) is 17.8. The molecule has 4 rings (SSSR count). The third-order valence-corrected chi connectivity index (χ3v) is 7.55. The van der Waals surface area contributed by atoms with Gasteiger partial charge in [-0.1, -0.05) is 12.1 Å². The van der Waals surface area contributed by atoms with Crippen LogP contribution in [0, 0.1) is 18.3 Å². The number of hydrogen-bond acceptors (Lipinski definition) is 7. The number of fused-ring (bicyclic) bond motifs is 1. The van der Waals surface area contributed by atoms with E-state index in [-0.39, 0.29) is 24.9 Å². The number of anilines is 1. The molecular weight excluding hydrogens is 477 g/mol. The van der Waals surface area contributed by atoms with Crippen molar-refractivity contribution in [2.75, 3.05) is 18.5 Å². The van der Waals surface area contributed by atoms with Gasteiger partial charge >= 0.3 is 7.60 Å². The quantitative estimate of drug-likeness (QED) is 0.326. The van der Waals surface area contributed by atoms with Gasteiger partial charge in [-0.25, -0.2) is 4.98 Å². The third kappa shape index (κ3) is 5.37. The predicted octanol–water partition coefficient (Wildman–Crippen LogP) is 4.80. The molecule has 0 aliphatic heterocycles. The average molecular weight is 503 g/mol. The number of hydrogen-bond donors (Lipinski definition) is 1. The largest absolute Gasteiger partial charge is 0.361 e. The van der Waals surface area contributed by atoms with Gasteiger partial charge < -0.3 is 18.9 Å². The summed E-state index contributed by atoms with van der Waals surface area (Å²) in [7, 11) is -3.40. The van der Waals surface area contributed by atoms with Crippen LogP contribution in [0.25, 0.3) is 11.0 Å². The first-order valence-corrected chi connectivity index (χ1v) is 13.0. The summed E-state index contributed by atoms with van der Waals surface area (Å²) in [6.07, 6.45) is 1.62. The molecule has 9 nitrogen and oxygen atoms in total. The number of imidazole rings is 1. The highest BCUT2D eigenvalue weighted by atomic mass is 31.2. The molecule has 1 N–H and O–H groups in total. The fourth-order valence-corrected chi connectivity index (χ4v) is 5.40. The highest BCUT2D eigenvalue weighted by Crippen LogP contribution is 2.46. The Hall–Kier alpha value is -3.83. The summed E-state index contributed by atoms with van der Waals surface area (Å²) in [6.45, 7) is 6.23. The molecule has 0 unspecified atom stereocenters. The minimum atomic E-state index is -3.40. The second-order valence-electron chi connectivity index (χ2n) is 7.98. The number of carbonyl (C=O) groups excluding carboxylic acids is 1. The Balaban J connectivity index is 1.70.